The Kier molecular flexibility index (Phi) is 8.85. The van der Waals surface area contributed by atoms with E-state index in [9.17, 15) is 19.5 Å². The van der Waals surface area contributed by atoms with E-state index in [1.807, 2.05) is 53.4 Å². The number of carboxylic acids is 1. The first kappa shape index (κ1) is 26.3. The Bertz CT molecular complexity index is 1240. The van der Waals surface area contributed by atoms with E-state index >= 15 is 0 Å². The van der Waals surface area contributed by atoms with E-state index in [0.29, 0.717) is 11.4 Å². The van der Waals surface area contributed by atoms with Crippen LogP contribution in [0.4, 0.5) is 5.69 Å². The number of carboxylic acid groups (broad SMARTS) is 1. The molecule has 0 aliphatic carbocycles. The number of rotatable bonds is 9. The van der Waals surface area contributed by atoms with Crippen LogP contribution < -0.4 is 9.64 Å². The number of carbonyl (C=O) groups excluding carboxylic acids is 2. The fraction of sp³-hybridized carbons (Fsp3) is 0.276. The monoisotopic (exact) mass is 518 g/mol. The maximum Gasteiger partial charge on any atom is 0.337 e. The van der Waals surface area contributed by atoms with Gasteiger partial charge < -0.3 is 19.6 Å². The molecule has 0 saturated carbocycles. The molecule has 1 aliphatic heterocycles. The van der Waals surface area contributed by atoms with Crippen molar-refractivity contribution in [2.24, 2.45) is 0 Å². The van der Waals surface area contributed by atoms with Gasteiger partial charge in [-0.2, -0.15) is 0 Å². The fourth-order valence-corrected chi connectivity index (χ4v) is 4.99. The molecule has 3 aromatic rings. The Labute approximate surface area is 221 Å². The topological polar surface area (TPSA) is 87.2 Å². The van der Waals surface area contributed by atoms with E-state index in [-0.39, 0.29) is 30.4 Å². The third-order valence-electron chi connectivity index (χ3n) is 6.28. The number of ether oxygens (including phenoxy) is 1. The van der Waals surface area contributed by atoms with E-state index in [2.05, 4.69) is 0 Å². The summed E-state index contributed by atoms with van der Waals surface area (Å²) in [4.78, 5) is 41.8. The van der Waals surface area contributed by atoms with Crippen LogP contribution in [-0.2, 0) is 16.0 Å². The van der Waals surface area contributed by atoms with Crippen molar-refractivity contribution in [3.05, 3.63) is 83.9 Å². The number of anilines is 1. The molecule has 4 rings (SSSR count). The van der Waals surface area contributed by atoms with Gasteiger partial charge in [0.25, 0.3) is 5.91 Å². The van der Waals surface area contributed by atoms with Crippen LogP contribution in [0.1, 0.15) is 35.2 Å². The van der Waals surface area contributed by atoms with E-state index in [4.69, 9.17) is 4.74 Å². The van der Waals surface area contributed by atoms with Crippen LogP contribution in [0, 0.1) is 0 Å². The summed E-state index contributed by atoms with van der Waals surface area (Å²) in [6.07, 6.45) is 3.48. The fourth-order valence-electron chi connectivity index (χ4n) is 4.17. The second-order valence-corrected chi connectivity index (χ2v) is 10.0. The molecule has 37 heavy (non-hydrogen) atoms. The van der Waals surface area contributed by atoms with Crippen LogP contribution in [0.15, 0.2) is 82.6 Å². The third kappa shape index (κ3) is 7.13. The Balaban J connectivity index is 1.28. The van der Waals surface area contributed by atoms with Gasteiger partial charge in [-0.25, -0.2) is 4.79 Å². The molecular formula is C29H30N2O5S. The first-order valence-electron chi connectivity index (χ1n) is 12.3. The van der Waals surface area contributed by atoms with Crippen molar-refractivity contribution in [1.29, 1.82) is 0 Å². The van der Waals surface area contributed by atoms with Gasteiger partial charge in [0.1, 0.15) is 5.75 Å². The molecule has 7 nitrogen and oxygen atoms in total. The smallest absolute Gasteiger partial charge is 0.337 e. The number of benzene rings is 3. The summed E-state index contributed by atoms with van der Waals surface area (Å²) in [5.74, 6) is -0.559. The summed E-state index contributed by atoms with van der Waals surface area (Å²) >= 11 is 1.59. The minimum Gasteiger partial charge on any atom is -0.484 e. The van der Waals surface area contributed by atoms with Crippen molar-refractivity contribution in [2.45, 2.75) is 35.5 Å². The maximum atomic E-state index is 12.8. The third-order valence-corrected chi connectivity index (χ3v) is 7.29. The molecule has 0 unspecified atom stereocenters. The van der Waals surface area contributed by atoms with Crippen LogP contribution >= 0.6 is 11.8 Å². The zero-order valence-corrected chi connectivity index (χ0v) is 21.6. The van der Waals surface area contributed by atoms with Crippen LogP contribution in [0.25, 0.3) is 0 Å². The van der Waals surface area contributed by atoms with Crippen molar-refractivity contribution in [3.8, 4) is 5.75 Å². The van der Waals surface area contributed by atoms with Crippen LogP contribution in [-0.4, -0.2) is 54.5 Å². The van der Waals surface area contributed by atoms with Gasteiger partial charge in [-0.3, -0.25) is 9.59 Å². The first-order chi connectivity index (χ1) is 17.9. The molecule has 1 aliphatic rings. The lowest BCUT2D eigenvalue weighted by molar-refractivity contribution is -0.134. The molecule has 0 atom stereocenters. The molecule has 1 heterocycles. The Morgan fingerprint density at radius 2 is 1.51 bits per heavy atom. The number of para-hydroxylation sites is 1. The van der Waals surface area contributed by atoms with Gasteiger partial charge >= 0.3 is 5.97 Å². The van der Waals surface area contributed by atoms with E-state index < -0.39 is 5.97 Å². The van der Waals surface area contributed by atoms with Crippen molar-refractivity contribution in [2.75, 3.05) is 31.6 Å². The summed E-state index contributed by atoms with van der Waals surface area (Å²) < 4.78 is 5.68. The number of hydrogen-bond donors (Lipinski definition) is 1. The predicted octanol–water partition coefficient (Wildman–Crippen LogP) is 5.13. The molecule has 1 saturated heterocycles. The van der Waals surface area contributed by atoms with Crippen LogP contribution in [0.5, 0.6) is 5.75 Å². The quantitative estimate of drug-likeness (QED) is 0.423. The minimum atomic E-state index is -1.07. The number of likely N-dealkylation sites (N-methyl/N-ethyl adjacent to an activating group) is 1. The standard InChI is InChI=1S/C29H30N2O5S/c1-30(26-8-4-3-7-25(26)29(34)35)27(32)19-21-9-13-23(14-10-21)37-24-15-11-22(12-16-24)36-20-28(33)31-17-5-2-6-18-31/h3-4,7-16H,2,5-6,17-20H2,1H3,(H,34,35). The van der Waals surface area contributed by atoms with Gasteiger partial charge in [0.2, 0.25) is 5.91 Å². The largest absolute Gasteiger partial charge is 0.484 e. The second kappa shape index (κ2) is 12.5. The highest BCUT2D eigenvalue weighted by Crippen LogP contribution is 2.29. The Morgan fingerprint density at radius 1 is 0.892 bits per heavy atom. The van der Waals surface area contributed by atoms with Crippen molar-refractivity contribution in [3.63, 3.8) is 0 Å². The number of aromatic carboxylic acids is 1. The second-order valence-electron chi connectivity index (χ2n) is 8.90. The van der Waals surface area contributed by atoms with Gasteiger partial charge in [0.05, 0.1) is 17.7 Å². The minimum absolute atomic E-state index is 0.0361. The maximum absolute atomic E-state index is 12.8. The van der Waals surface area contributed by atoms with Crippen molar-refractivity contribution in [1.82, 2.24) is 4.90 Å². The summed E-state index contributed by atoms with van der Waals surface area (Å²) in [5, 5.41) is 9.39. The molecule has 2 amide bonds. The lowest BCUT2D eigenvalue weighted by Gasteiger charge is -2.26. The Morgan fingerprint density at radius 3 is 2.16 bits per heavy atom. The highest BCUT2D eigenvalue weighted by atomic mass is 32.2. The van der Waals surface area contributed by atoms with Gasteiger partial charge in [0, 0.05) is 29.9 Å². The molecule has 3 aromatic carbocycles. The number of piperidine rings is 1. The molecule has 1 N–H and O–H groups in total. The predicted molar refractivity (Wildman–Crippen MR) is 143 cm³/mol. The molecule has 1 fully saturated rings. The number of carbonyl (C=O) groups is 3. The highest BCUT2D eigenvalue weighted by Gasteiger charge is 2.18. The summed E-state index contributed by atoms with van der Waals surface area (Å²) in [7, 11) is 1.59. The summed E-state index contributed by atoms with van der Waals surface area (Å²) in [5.41, 5.74) is 1.31. The number of nitrogens with zero attached hydrogens (tertiary/aromatic N) is 2. The van der Waals surface area contributed by atoms with Gasteiger partial charge in [-0.15, -0.1) is 0 Å². The van der Waals surface area contributed by atoms with Gasteiger partial charge in [-0.1, -0.05) is 36.0 Å². The molecule has 0 bridgehead atoms. The molecule has 0 radical (unpaired) electrons. The van der Waals surface area contributed by atoms with Crippen LogP contribution in [0.2, 0.25) is 0 Å². The number of likely N-dealkylation sites (tertiary alicyclic amines) is 1. The number of hydrogen-bond acceptors (Lipinski definition) is 5. The summed E-state index contributed by atoms with van der Waals surface area (Å²) in [6.45, 7) is 1.70. The SMILES string of the molecule is CN(C(=O)Cc1ccc(Sc2ccc(OCC(=O)N3CCCCC3)cc2)cc1)c1ccccc1C(=O)O. The zero-order valence-electron chi connectivity index (χ0n) is 20.8. The molecule has 0 spiro atoms. The summed E-state index contributed by atoms with van der Waals surface area (Å²) in [6, 6.07) is 21.8. The molecule has 8 heteroatoms. The molecular weight excluding hydrogens is 488 g/mol. The average Bonchev–Trinajstić information content (AvgIpc) is 2.93. The first-order valence-corrected chi connectivity index (χ1v) is 13.1. The van der Waals surface area contributed by atoms with Crippen molar-refractivity contribution >= 4 is 35.2 Å². The van der Waals surface area contributed by atoms with Gasteiger partial charge in [-0.05, 0) is 73.4 Å². The lowest BCUT2D eigenvalue weighted by atomic mass is 10.1. The average molecular weight is 519 g/mol. The molecule has 192 valence electrons. The highest BCUT2D eigenvalue weighted by molar-refractivity contribution is 7.99. The van der Waals surface area contributed by atoms with Crippen LogP contribution in [0.3, 0.4) is 0 Å². The van der Waals surface area contributed by atoms with E-state index in [0.717, 1.165) is 41.3 Å². The lowest BCUT2D eigenvalue weighted by Crippen LogP contribution is -2.38. The van der Waals surface area contributed by atoms with E-state index in [1.165, 1.54) is 17.4 Å². The van der Waals surface area contributed by atoms with Gasteiger partial charge in [0.15, 0.2) is 6.61 Å². The van der Waals surface area contributed by atoms with E-state index in [1.54, 1.807) is 37.0 Å². The number of amides is 2. The molecule has 0 aromatic heterocycles. The van der Waals surface area contributed by atoms with Crippen molar-refractivity contribution < 1.29 is 24.2 Å². The Hall–Kier alpha value is -3.78. The zero-order chi connectivity index (χ0) is 26.2. The normalized spacial score (nSPS) is 13.2.